The summed E-state index contributed by atoms with van der Waals surface area (Å²) in [5.41, 5.74) is 0.256. The third kappa shape index (κ3) is 8.41. The van der Waals surface area contributed by atoms with Gasteiger partial charge in [0.25, 0.3) is 0 Å². The minimum Gasteiger partial charge on any atom is -0.311 e. The van der Waals surface area contributed by atoms with Gasteiger partial charge in [-0.15, -0.1) is 0 Å². The Bertz CT molecular complexity index is 115. The first-order valence-corrected chi connectivity index (χ1v) is 5.66. The van der Waals surface area contributed by atoms with Gasteiger partial charge in [0.15, 0.2) is 0 Å². The molecular weight excluding hydrogens is 166 g/mol. The molecule has 0 fully saturated rings. The number of nitrogens with one attached hydrogen (secondary N) is 1. The van der Waals surface area contributed by atoms with Crippen LogP contribution in [0.1, 0.15) is 41.5 Å². The average Bonchev–Trinajstić information content (AvgIpc) is 1.80. The molecular formula is C10H23NS. The van der Waals surface area contributed by atoms with E-state index in [0.717, 1.165) is 11.8 Å². The number of thioether (sulfide) groups is 1. The number of hydrogen-bond acceptors (Lipinski definition) is 2. The van der Waals surface area contributed by atoms with E-state index in [1.165, 1.54) is 0 Å². The summed E-state index contributed by atoms with van der Waals surface area (Å²) in [4.78, 5) is 0. The van der Waals surface area contributed by atoms with Crippen molar-refractivity contribution < 1.29 is 0 Å². The molecule has 0 aliphatic heterocycles. The molecule has 0 radical (unpaired) electrons. The predicted molar refractivity (Wildman–Crippen MR) is 59.9 cm³/mol. The quantitative estimate of drug-likeness (QED) is 0.730. The third-order valence-corrected chi connectivity index (χ3v) is 2.60. The molecule has 0 amide bonds. The van der Waals surface area contributed by atoms with Crippen LogP contribution >= 0.6 is 11.8 Å². The van der Waals surface area contributed by atoms with E-state index in [0.29, 0.717) is 5.25 Å². The van der Waals surface area contributed by atoms with E-state index in [1.807, 2.05) is 11.8 Å². The van der Waals surface area contributed by atoms with Gasteiger partial charge in [0, 0.05) is 17.3 Å². The van der Waals surface area contributed by atoms with Crippen LogP contribution in [-0.2, 0) is 0 Å². The van der Waals surface area contributed by atoms with Crippen molar-refractivity contribution in [2.45, 2.75) is 57.6 Å². The van der Waals surface area contributed by atoms with Gasteiger partial charge in [0.1, 0.15) is 0 Å². The average molecular weight is 189 g/mol. The minimum absolute atomic E-state index is 0.256. The van der Waals surface area contributed by atoms with E-state index in [1.54, 1.807) is 0 Å². The smallest absolute Gasteiger partial charge is 0.0146 e. The van der Waals surface area contributed by atoms with Gasteiger partial charge in [0.2, 0.25) is 0 Å². The fourth-order valence-corrected chi connectivity index (χ4v) is 2.07. The summed E-state index contributed by atoms with van der Waals surface area (Å²) in [5.74, 6) is 0. The summed E-state index contributed by atoms with van der Waals surface area (Å²) in [6.45, 7) is 14.5. The summed E-state index contributed by atoms with van der Waals surface area (Å²) in [5, 5.41) is 4.96. The molecule has 0 saturated carbocycles. The minimum atomic E-state index is 0.256. The molecule has 74 valence electrons. The molecule has 1 N–H and O–H groups in total. The van der Waals surface area contributed by atoms with Crippen molar-refractivity contribution in [3.8, 4) is 0 Å². The fraction of sp³-hybridized carbons (Fsp3) is 1.00. The highest BCUT2D eigenvalue weighted by Gasteiger charge is 2.11. The maximum absolute atomic E-state index is 3.51. The molecule has 1 unspecified atom stereocenters. The van der Waals surface area contributed by atoms with Gasteiger partial charge in [-0.2, -0.15) is 11.8 Å². The molecule has 0 aromatic carbocycles. The molecule has 12 heavy (non-hydrogen) atoms. The Labute approximate surface area is 81.7 Å². The normalized spacial score (nSPS) is 15.2. The largest absolute Gasteiger partial charge is 0.311 e. The predicted octanol–water partition coefficient (Wildman–Crippen LogP) is 2.90. The molecule has 0 aromatic rings. The first-order valence-electron chi connectivity index (χ1n) is 4.72. The molecule has 0 bridgehead atoms. The van der Waals surface area contributed by atoms with E-state index in [9.17, 15) is 0 Å². The standard InChI is InChI=1S/C10H23NS/c1-8(2)12-9(3)7-11-10(4,5)6/h8-9,11H,7H2,1-6H3. The van der Waals surface area contributed by atoms with Gasteiger partial charge in [0.05, 0.1) is 0 Å². The zero-order chi connectivity index (χ0) is 9.78. The zero-order valence-electron chi connectivity index (χ0n) is 9.27. The highest BCUT2D eigenvalue weighted by molar-refractivity contribution is 8.00. The van der Waals surface area contributed by atoms with Crippen LogP contribution in [0.2, 0.25) is 0 Å². The Hall–Kier alpha value is 0.310. The van der Waals surface area contributed by atoms with Crippen molar-refractivity contribution in [2.75, 3.05) is 6.54 Å². The van der Waals surface area contributed by atoms with E-state index in [2.05, 4.69) is 46.9 Å². The van der Waals surface area contributed by atoms with Gasteiger partial charge in [-0.05, 0) is 26.0 Å². The van der Waals surface area contributed by atoms with E-state index in [4.69, 9.17) is 0 Å². The molecule has 1 nitrogen and oxygen atoms in total. The molecule has 0 saturated heterocycles. The summed E-state index contributed by atoms with van der Waals surface area (Å²) >= 11 is 2.03. The Balaban J connectivity index is 3.51. The van der Waals surface area contributed by atoms with Crippen LogP contribution in [0.25, 0.3) is 0 Å². The Morgan fingerprint density at radius 1 is 1.17 bits per heavy atom. The molecule has 0 spiro atoms. The lowest BCUT2D eigenvalue weighted by molar-refractivity contribution is 0.429. The molecule has 0 heterocycles. The van der Waals surface area contributed by atoms with Crippen LogP contribution in [0, 0.1) is 0 Å². The van der Waals surface area contributed by atoms with Crippen molar-refractivity contribution in [1.82, 2.24) is 5.32 Å². The fourth-order valence-electron chi connectivity index (χ4n) is 0.963. The second-order valence-electron chi connectivity index (χ2n) is 4.63. The Morgan fingerprint density at radius 2 is 1.67 bits per heavy atom. The van der Waals surface area contributed by atoms with Crippen molar-refractivity contribution in [1.29, 1.82) is 0 Å². The van der Waals surface area contributed by atoms with Crippen molar-refractivity contribution in [2.24, 2.45) is 0 Å². The molecule has 0 aromatic heterocycles. The topological polar surface area (TPSA) is 12.0 Å². The Morgan fingerprint density at radius 3 is 2.00 bits per heavy atom. The highest BCUT2D eigenvalue weighted by atomic mass is 32.2. The van der Waals surface area contributed by atoms with Gasteiger partial charge in [-0.1, -0.05) is 20.8 Å². The summed E-state index contributed by atoms with van der Waals surface area (Å²) in [6.07, 6.45) is 0. The zero-order valence-corrected chi connectivity index (χ0v) is 10.1. The van der Waals surface area contributed by atoms with Crippen LogP contribution in [0.5, 0.6) is 0 Å². The first kappa shape index (κ1) is 12.3. The lowest BCUT2D eigenvalue weighted by Gasteiger charge is -2.23. The molecule has 2 heteroatoms. The third-order valence-electron chi connectivity index (χ3n) is 1.42. The first-order chi connectivity index (χ1) is 5.31. The van der Waals surface area contributed by atoms with Crippen LogP contribution in [0.3, 0.4) is 0 Å². The lowest BCUT2D eigenvalue weighted by atomic mass is 10.1. The van der Waals surface area contributed by atoms with E-state index >= 15 is 0 Å². The monoisotopic (exact) mass is 189 g/mol. The van der Waals surface area contributed by atoms with Crippen molar-refractivity contribution >= 4 is 11.8 Å². The van der Waals surface area contributed by atoms with Crippen molar-refractivity contribution in [3.05, 3.63) is 0 Å². The lowest BCUT2D eigenvalue weighted by Crippen LogP contribution is -2.39. The van der Waals surface area contributed by atoms with Gasteiger partial charge in [-0.25, -0.2) is 0 Å². The van der Waals surface area contributed by atoms with Crippen LogP contribution in [0.4, 0.5) is 0 Å². The second-order valence-corrected chi connectivity index (χ2v) is 6.65. The molecule has 1 atom stereocenters. The van der Waals surface area contributed by atoms with Crippen LogP contribution in [-0.4, -0.2) is 22.6 Å². The maximum atomic E-state index is 3.51. The SMILES string of the molecule is CC(C)SC(C)CNC(C)(C)C. The second kappa shape index (κ2) is 5.13. The Kier molecular flexibility index (Phi) is 5.26. The summed E-state index contributed by atoms with van der Waals surface area (Å²) < 4.78 is 0. The van der Waals surface area contributed by atoms with Gasteiger partial charge in [-0.3, -0.25) is 0 Å². The van der Waals surface area contributed by atoms with Crippen LogP contribution in [0.15, 0.2) is 0 Å². The number of rotatable bonds is 4. The summed E-state index contributed by atoms with van der Waals surface area (Å²) in [6, 6.07) is 0. The summed E-state index contributed by atoms with van der Waals surface area (Å²) in [7, 11) is 0. The van der Waals surface area contributed by atoms with Crippen LogP contribution < -0.4 is 5.32 Å². The van der Waals surface area contributed by atoms with Gasteiger partial charge >= 0.3 is 0 Å². The molecule has 0 aliphatic rings. The van der Waals surface area contributed by atoms with E-state index in [-0.39, 0.29) is 5.54 Å². The van der Waals surface area contributed by atoms with E-state index < -0.39 is 0 Å². The number of hydrogen-bond donors (Lipinski definition) is 1. The highest BCUT2D eigenvalue weighted by Crippen LogP contribution is 2.16. The van der Waals surface area contributed by atoms with Gasteiger partial charge < -0.3 is 5.32 Å². The van der Waals surface area contributed by atoms with Crippen molar-refractivity contribution in [3.63, 3.8) is 0 Å². The maximum Gasteiger partial charge on any atom is 0.0146 e. The molecule has 0 rings (SSSR count). The molecule has 0 aliphatic carbocycles.